The Bertz CT molecular complexity index is 1450. The number of sulfonamides is 1. The number of nitrogens with one attached hydrogen (secondary N) is 1. The normalized spacial score (nSPS) is 12.4. The number of carbonyl (C=O) groups is 2. The Kier molecular flexibility index (Phi) is 9.87. The summed E-state index contributed by atoms with van der Waals surface area (Å²) in [5.74, 6) is -0.325. The van der Waals surface area contributed by atoms with Gasteiger partial charge in [-0.2, -0.15) is 0 Å². The summed E-state index contributed by atoms with van der Waals surface area (Å²) in [4.78, 5) is 28.6. The molecule has 0 saturated heterocycles. The monoisotopic (exact) mass is 585 g/mol. The quantitative estimate of drug-likeness (QED) is 0.353. The summed E-state index contributed by atoms with van der Waals surface area (Å²) in [7, 11) is -2.63. The van der Waals surface area contributed by atoms with Crippen molar-refractivity contribution < 1.29 is 22.7 Å². The van der Waals surface area contributed by atoms with Gasteiger partial charge in [0.1, 0.15) is 18.3 Å². The van der Waals surface area contributed by atoms with Crippen LogP contribution in [0.15, 0.2) is 77.7 Å². The van der Waals surface area contributed by atoms with E-state index in [0.29, 0.717) is 10.8 Å². The number of benzene rings is 3. The van der Waals surface area contributed by atoms with Gasteiger partial charge in [-0.1, -0.05) is 47.5 Å². The molecule has 0 saturated carbocycles. The number of rotatable bonds is 10. The maximum absolute atomic E-state index is 14.0. The lowest BCUT2D eigenvalue weighted by atomic mass is 10.1. The summed E-state index contributed by atoms with van der Waals surface area (Å²) >= 11 is 6.21. The molecular weight excluding hydrogens is 550 g/mol. The van der Waals surface area contributed by atoms with Gasteiger partial charge in [0.15, 0.2) is 0 Å². The summed E-state index contributed by atoms with van der Waals surface area (Å²) in [6, 6.07) is 18.9. The van der Waals surface area contributed by atoms with Gasteiger partial charge in [-0.25, -0.2) is 8.42 Å². The van der Waals surface area contributed by atoms with Gasteiger partial charge in [0.2, 0.25) is 11.8 Å². The van der Waals surface area contributed by atoms with Crippen LogP contribution >= 0.6 is 11.6 Å². The maximum atomic E-state index is 14.0. The molecule has 0 radical (unpaired) electrons. The molecule has 1 atom stereocenters. The first kappa shape index (κ1) is 31.0. The standard InChI is InChI=1S/C30H36ClN3O5S/c1-21-13-15-27(16-14-21)40(37,38)34(25-11-8-10-24(31)18-25)20-28(35)33(22(2)29(36)32-30(3,4)5)19-23-9-7-12-26(17-23)39-6/h7-18,22H,19-20H2,1-6H3,(H,32,36). The third-order valence-corrected chi connectivity index (χ3v) is 8.16. The van der Waals surface area contributed by atoms with Crippen LogP contribution < -0.4 is 14.4 Å². The van der Waals surface area contributed by atoms with E-state index in [1.165, 1.54) is 23.1 Å². The van der Waals surface area contributed by atoms with Gasteiger partial charge in [-0.15, -0.1) is 0 Å². The lowest BCUT2D eigenvalue weighted by Crippen LogP contribution is -2.54. The first-order valence-corrected chi connectivity index (χ1v) is 14.6. The van der Waals surface area contributed by atoms with E-state index < -0.39 is 34.1 Å². The Labute approximate surface area is 241 Å². The van der Waals surface area contributed by atoms with E-state index in [-0.39, 0.29) is 23.0 Å². The van der Waals surface area contributed by atoms with Crippen molar-refractivity contribution in [3.63, 3.8) is 0 Å². The second-order valence-electron chi connectivity index (χ2n) is 10.6. The fourth-order valence-corrected chi connectivity index (χ4v) is 5.61. The zero-order chi connectivity index (χ0) is 29.7. The zero-order valence-electron chi connectivity index (χ0n) is 23.6. The first-order valence-electron chi connectivity index (χ1n) is 12.8. The van der Waals surface area contributed by atoms with Gasteiger partial charge in [-0.05, 0) is 82.6 Å². The minimum Gasteiger partial charge on any atom is -0.497 e. The van der Waals surface area contributed by atoms with Crippen molar-refractivity contribution in [2.24, 2.45) is 0 Å². The molecule has 0 fully saturated rings. The van der Waals surface area contributed by atoms with E-state index in [0.717, 1.165) is 15.4 Å². The SMILES string of the molecule is COc1cccc(CN(C(=O)CN(c2cccc(Cl)c2)S(=O)(=O)c2ccc(C)cc2)C(C)C(=O)NC(C)(C)C)c1. The van der Waals surface area contributed by atoms with Crippen molar-refractivity contribution >= 4 is 39.1 Å². The van der Waals surface area contributed by atoms with Crippen molar-refractivity contribution in [3.8, 4) is 5.75 Å². The van der Waals surface area contributed by atoms with E-state index in [2.05, 4.69) is 5.32 Å². The molecule has 0 aliphatic rings. The van der Waals surface area contributed by atoms with Crippen LogP contribution in [0, 0.1) is 6.92 Å². The van der Waals surface area contributed by atoms with Gasteiger partial charge >= 0.3 is 0 Å². The summed E-state index contributed by atoms with van der Waals surface area (Å²) in [5, 5.41) is 3.23. The van der Waals surface area contributed by atoms with Crippen molar-refractivity contribution in [1.82, 2.24) is 10.2 Å². The summed E-state index contributed by atoms with van der Waals surface area (Å²) in [6.45, 7) is 8.53. The Morgan fingerprint density at radius 1 is 1.00 bits per heavy atom. The Morgan fingerprint density at radius 2 is 1.65 bits per heavy atom. The van der Waals surface area contributed by atoms with E-state index in [1.54, 1.807) is 62.6 Å². The number of carbonyl (C=O) groups excluding carboxylic acids is 2. The number of anilines is 1. The van der Waals surface area contributed by atoms with Crippen LogP contribution in [0.1, 0.15) is 38.8 Å². The average Bonchev–Trinajstić information content (AvgIpc) is 2.89. The zero-order valence-corrected chi connectivity index (χ0v) is 25.2. The van der Waals surface area contributed by atoms with Gasteiger partial charge in [0.05, 0.1) is 17.7 Å². The van der Waals surface area contributed by atoms with Gasteiger partial charge < -0.3 is 15.0 Å². The second-order valence-corrected chi connectivity index (χ2v) is 12.9. The lowest BCUT2D eigenvalue weighted by molar-refractivity contribution is -0.140. The Balaban J connectivity index is 2.05. The predicted molar refractivity (Wildman–Crippen MR) is 158 cm³/mol. The minimum absolute atomic E-state index is 0.0312. The van der Waals surface area contributed by atoms with Gasteiger partial charge in [0.25, 0.3) is 10.0 Å². The van der Waals surface area contributed by atoms with Crippen LogP contribution in [0.3, 0.4) is 0 Å². The molecule has 3 aromatic rings. The van der Waals surface area contributed by atoms with Crippen LogP contribution in [-0.2, 0) is 26.2 Å². The van der Waals surface area contributed by atoms with Crippen molar-refractivity contribution in [2.45, 2.75) is 57.6 Å². The van der Waals surface area contributed by atoms with E-state index >= 15 is 0 Å². The molecular formula is C30H36ClN3O5S. The molecule has 3 aromatic carbocycles. The molecule has 0 aliphatic heterocycles. The first-order chi connectivity index (χ1) is 18.7. The fourth-order valence-electron chi connectivity index (χ4n) is 4.02. The van der Waals surface area contributed by atoms with E-state index in [1.807, 2.05) is 33.8 Å². The number of amides is 2. The number of methoxy groups -OCH3 is 1. The molecule has 0 aromatic heterocycles. The highest BCUT2D eigenvalue weighted by Crippen LogP contribution is 2.27. The number of ether oxygens (including phenoxy) is 1. The van der Waals surface area contributed by atoms with Crippen LogP contribution in [0.2, 0.25) is 5.02 Å². The predicted octanol–water partition coefficient (Wildman–Crippen LogP) is 5.18. The van der Waals surface area contributed by atoms with Gasteiger partial charge in [0, 0.05) is 17.1 Å². The molecule has 214 valence electrons. The Hall–Kier alpha value is -3.56. The highest BCUT2D eigenvalue weighted by atomic mass is 35.5. The number of nitrogens with zero attached hydrogens (tertiary/aromatic N) is 2. The molecule has 40 heavy (non-hydrogen) atoms. The third-order valence-electron chi connectivity index (χ3n) is 6.14. The average molecular weight is 586 g/mol. The molecule has 0 heterocycles. The molecule has 0 bridgehead atoms. The highest BCUT2D eigenvalue weighted by Gasteiger charge is 2.33. The Morgan fingerprint density at radius 3 is 2.25 bits per heavy atom. The number of halogens is 1. The van der Waals surface area contributed by atoms with Crippen molar-refractivity contribution in [3.05, 3.63) is 88.9 Å². The van der Waals surface area contributed by atoms with Crippen LogP contribution in [0.4, 0.5) is 5.69 Å². The highest BCUT2D eigenvalue weighted by molar-refractivity contribution is 7.92. The molecule has 0 aliphatic carbocycles. The van der Waals surface area contributed by atoms with Crippen molar-refractivity contribution in [1.29, 1.82) is 0 Å². The number of hydrogen-bond donors (Lipinski definition) is 1. The second kappa shape index (κ2) is 12.7. The minimum atomic E-state index is -4.17. The molecule has 0 spiro atoms. The maximum Gasteiger partial charge on any atom is 0.264 e. The number of aryl methyl sites for hydroxylation is 1. The van der Waals surface area contributed by atoms with Crippen LogP contribution in [-0.4, -0.2) is 50.4 Å². The molecule has 2 amide bonds. The van der Waals surface area contributed by atoms with Crippen molar-refractivity contribution in [2.75, 3.05) is 18.0 Å². The van der Waals surface area contributed by atoms with E-state index in [4.69, 9.17) is 16.3 Å². The topological polar surface area (TPSA) is 96.0 Å². The molecule has 10 heteroatoms. The fraction of sp³-hybridized carbons (Fsp3) is 0.333. The summed E-state index contributed by atoms with van der Waals surface area (Å²) < 4.78 is 34.1. The lowest BCUT2D eigenvalue weighted by Gasteiger charge is -2.33. The largest absolute Gasteiger partial charge is 0.497 e. The molecule has 8 nitrogen and oxygen atoms in total. The number of hydrogen-bond acceptors (Lipinski definition) is 5. The van der Waals surface area contributed by atoms with Crippen LogP contribution in [0.5, 0.6) is 5.75 Å². The van der Waals surface area contributed by atoms with Gasteiger partial charge in [-0.3, -0.25) is 13.9 Å². The molecule has 1 unspecified atom stereocenters. The molecule has 3 rings (SSSR count). The van der Waals surface area contributed by atoms with E-state index in [9.17, 15) is 18.0 Å². The van der Waals surface area contributed by atoms with Crippen LogP contribution in [0.25, 0.3) is 0 Å². The summed E-state index contributed by atoms with van der Waals surface area (Å²) in [6.07, 6.45) is 0. The summed E-state index contributed by atoms with van der Waals surface area (Å²) in [5.41, 5.74) is 1.32. The third kappa shape index (κ3) is 7.99. The molecule has 1 N–H and O–H groups in total. The smallest absolute Gasteiger partial charge is 0.264 e.